The number of allylic oxidation sites excluding steroid dienone is 18. The van der Waals surface area contributed by atoms with Crippen molar-refractivity contribution in [2.45, 2.75) is 322 Å². The first-order valence-electron chi connectivity index (χ1n) is 33.4. The third kappa shape index (κ3) is 64.8. The number of hydrogen-bond acceptors (Lipinski definition) is 6. The van der Waals surface area contributed by atoms with E-state index in [2.05, 4.69) is 130 Å². The van der Waals surface area contributed by atoms with Crippen molar-refractivity contribution in [3.63, 3.8) is 0 Å². The zero-order chi connectivity index (χ0) is 57.1. The average molecular weight is 1100 g/mol. The highest BCUT2D eigenvalue weighted by Crippen LogP contribution is 2.16. The van der Waals surface area contributed by atoms with Gasteiger partial charge in [-0.15, -0.1) is 0 Å². The summed E-state index contributed by atoms with van der Waals surface area (Å²) in [6.07, 6.45) is 90.9. The lowest BCUT2D eigenvalue weighted by atomic mass is 10.1. The summed E-state index contributed by atoms with van der Waals surface area (Å²) in [5.41, 5.74) is 0. The highest BCUT2D eigenvalue weighted by atomic mass is 16.6. The summed E-state index contributed by atoms with van der Waals surface area (Å²) in [6, 6.07) is 0. The van der Waals surface area contributed by atoms with Crippen LogP contribution >= 0.6 is 0 Å². The highest BCUT2D eigenvalue weighted by Gasteiger charge is 2.19. The van der Waals surface area contributed by atoms with Crippen LogP contribution in [0.3, 0.4) is 0 Å². The van der Waals surface area contributed by atoms with E-state index in [-0.39, 0.29) is 31.1 Å². The van der Waals surface area contributed by atoms with Gasteiger partial charge in [-0.05, 0) is 128 Å². The van der Waals surface area contributed by atoms with Gasteiger partial charge in [-0.2, -0.15) is 0 Å². The van der Waals surface area contributed by atoms with Gasteiger partial charge in [-0.25, -0.2) is 0 Å². The van der Waals surface area contributed by atoms with Crippen LogP contribution in [0.5, 0.6) is 0 Å². The number of hydrogen-bond donors (Lipinski definition) is 0. The minimum absolute atomic E-state index is 0.0888. The van der Waals surface area contributed by atoms with E-state index in [1.54, 1.807) is 0 Å². The molecule has 0 spiro atoms. The summed E-state index contributed by atoms with van der Waals surface area (Å²) in [5.74, 6) is -0.905. The molecule has 79 heavy (non-hydrogen) atoms. The molecule has 0 radical (unpaired) electrons. The Morgan fingerprint density at radius 1 is 0.266 bits per heavy atom. The van der Waals surface area contributed by atoms with E-state index in [0.717, 1.165) is 128 Å². The molecule has 0 aliphatic carbocycles. The molecule has 0 aromatic heterocycles. The predicted molar refractivity (Wildman–Crippen MR) is 343 cm³/mol. The zero-order valence-electron chi connectivity index (χ0n) is 51.9. The van der Waals surface area contributed by atoms with Gasteiger partial charge in [0.1, 0.15) is 13.2 Å². The first-order valence-corrected chi connectivity index (χ1v) is 33.4. The number of carbonyl (C=O) groups is 3. The molecule has 6 nitrogen and oxygen atoms in total. The van der Waals surface area contributed by atoms with Gasteiger partial charge in [0.15, 0.2) is 6.10 Å². The second-order valence-electron chi connectivity index (χ2n) is 22.0. The van der Waals surface area contributed by atoms with Crippen LogP contribution < -0.4 is 0 Å². The molecule has 0 rings (SSSR count). The van der Waals surface area contributed by atoms with Crippen molar-refractivity contribution in [1.82, 2.24) is 0 Å². The summed E-state index contributed by atoms with van der Waals surface area (Å²) >= 11 is 0. The maximum absolute atomic E-state index is 12.9. The maximum atomic E-state index is 12.9. The van der Waals surface area contributed by atoms with Crippen molar-refractivity contribution in [1.29, 1.82) is 0 Å². The second-order valence-corrected chi connectivity index (χ2v) is 22.0. The summed E-state index contributed by atoms with van der Waals surface area (Å²) in [6.45, 7) is 6.51. The molecule has 1 unspecified atom stereocenters. The lowest BCUT2D eigenvalue weighted by Gasteiger charge is -2.18. The SMILES string of the molecule is CC/C=C\C/C=C\C/C=C\C/C=C\C/C=C\C/C=C\CCCCCCCCCCC(=O)OCC(COC(=O)CCCCCCC/C=C\C/C=C\CCCCCC)OC(=O)CCCCCCCCC/C=C\CCCCCCCCC. The molecular formula is C73H124O6. The number of unbranched alkanes of at least 4 members (excludes halogenated alkanes) is 31. The maximum Gasteiger partial charge on any atom is 0.306 e. The number of esters is 3. The summed E-state index contributed by atoms with van der Waals surface area (Å²) < 4.78 is 16.9. The van der Waals surface area contributed by atoms with Crippen LogP contribution in [0.25, 0.3) is 0 Å². The van der Waals surface area contributed by atoms with Crippen LogP contribution in [0, 0.1) is 0 Å². The van der Waals surface area contributed by atoms with Crippen LogP contribution in [-0.4, -0.2) is 37.2 Å². The fourth-order valence-corrected chi connectivity index (χ4v) is 9.24. The van der Waals surface area contributed by atoms with E-state index in [0.29, 0.717) is 19.3 Å². The smallest absolute Gasteiger partial charge is 0.306 e. The monoisotopic (exact) mass is 1100 g/mol. The molecule has 0 aromatic rings. The molecule has 1 atom stereocenters. The molecule has 0 fully saturated rings. The van der Waals surface area contributed by atoms with Gasteiger partial charge in [0.25, 0.3) is 0 Å². The number of carbonyl (C=O) groups excluding carboxylic acids is 3. The van der Waals surface area contributed by atoms with E-state index in [1.807, 2.05) is 0 Å². The van der Waals surface area contributed by atoms with E-state index in [9.17, 15) is 14.4 Å². The Hall–Kier alpha value is -3.93. The lowest BCUT2D eigenvalue weighted by Crippen LogP contribution is -2.30. The highest BCUT2D eigenvalue weighted by molar-refractivity contribution is 5.71. The normalized spacial score (nSPS) is 12.8. The largest absolute Gasteiger partial charge is 0.462 e. The number of ether oxygens (including phenoxy) is 3. The molecule has 0 amide bonds. The van der Waals surface area contributed by atoms with E-state index >= 15 is 0 Å². The molecule has 0 N–H and O–H groups in total. The zero-order valence-corrected chi connectivity index (χ0v) is 51.9. The van der Waals surface area contributed by atoms with Gasteiger partial charge in [0.2, 0.25) is 0 Å². The Bertz CT molecular complexity index is 1590. The van der Waals surface area contributed by atoms with Crippen LogP contribution in [0.15, 0.2) is 109 Å². The van der Waals surface area contributed by atoms with E-state index < -0.39 is 6.10 Å². The first-order chi connectivity index (χ1) is 39.0. The third-order valence-electron chi connectivity index (χ3n) is 14.2. The topological polar surface area (TPSA) is 78.9 Å². The lowest BCUT2D eigenvalue weighted by molar-refractivity contribution is -0.167. The third-order valence-corrected chi connectivity index (χ3v) is 14.2. The standard InChI is InChI=1S/C73H124O6/c1-4-7-10-13-16-19-22-25-28-31-33-34-35-36-37-38-39-40-41-43-45-48-51-54-57-60-63-66-72(75)78-69-70(68-77-71(74)65-62-59-56-53-50-47-44-30-27-24-21-18-15-12-9-6-3)79-73(76)67-64-61-58-55-52-49-46-42-32-29-26-23-20-17-14-11-8-5-2/h7,10,16,19,21,24-25,28-30,32-34,36-37,39-40,44,70H,4-6,8-9,11-15,17-18,20,22-23,26-27,31,35,38,41-43,45-69H2,1-3H3/b10-7-,19-16-,24-21-,28-25-,32-29-,34-33-,37-36-,40-39-,44-30-. The average Bonchev–Trinajstić information content (AvgIpc) is 3.45. The van der Waals surface area contributed by atoms with Crippen LogP contribution in [0.2, 0.25) is 0 Å². The van der Waals surface area contributed by atoms with Crippen molar-refractivity contribution in [3.8, 4) is 0 Å². The van der Waals surface area contributed by atoms with Gasteiger partial charge < -0.3 is 14.2 Å². The van der Waals surface area contributed by atoms with Gasteiger partial charge in [0, 0.05) is 19.3 Å². The molecule has 6 heteroatoms. The molecule has 0 saturated carbocycles. The molecule has 0 saturated heterocycles. The summed E-state index contributed by atoms with van der Waals surface area (Å²) in [5, 5.41) is 0. The quantitative estimate of drug-likeness (QED) is 0.0261. The Balaban J connectivity index is 4.38. The van der Waals surface area contributed by atoms with Crippen LogP contribution in [0.1, 0.15) is 316 Å². The van der Waals surface area contributed by atoms with Crippen molar-refractivity contribution in [3.05, 3.63) is 109 Å². The Kier molecular flexibility index (Phi) is 63.3. The molecule has 0 aromatic carbocycles. The van der Waals surface area contributed by atoms with Gasteiger partial charge in [0.05, 0.1) is 0 Å². The van der Waals surface area contributed by atoms with Crippen molar-refractivity contribution in [2.24, 2.45) is 0 Å². The molecule has 0 aliphatic heterocycles. The molecule has 452 valence electrons. The molecule has 0 bridgehead atoms. The minimum Gasteiger partial charge on any atom is -0.462 e. The second kappa shape index (κ2) is 66.6. The minimum atomic E-state index is -0.793. The summed E-state index contributed by atoms with van der Waals surface area (Å²) in [7, 11) is 0. The fraction of sp³-hybridized carbons (Fsp3) is 0.712. The van der Waals surface area contributed by atoms with Crippen LogP contribution in [-0.2, 0) is 28.6 Å². The van der Waals surface area contributed by atoms with Crippen molar-refractivity contribution in [2.75, 3.05) is 13.2 Å². The fourth-order valence-electron chi connectivity index (χ4n) is 9.24. The van der Waals surface area contributed by atoms with E-state index in [4.69, 9.17) is 14.2 Å². The van der Waals surface area contributed by atoms with Crippen molar-refractivity contribution >= 4 is 17.9 Å². The molecule has 0 heterocycles. The molecule has 0 aliphatic rings. The van der Waals surface area contributed by atoms with Gasteiger partial charge >= 0.3 is 17.9 Å². The van der Waals surface area contributed by atoms with Crippen molar-refractivity contribution < 1.29 is 28.6 Å². The summed E-state index contributed by atoms with van der Waals surface area (Å²) in [4.78, 5) is 38.4. The first kappa shape index (κ1) is 75.1. The van der Waals surface area contributed by atoms with Gasteiger partial charge in [-0.1, -0.05) is 278 Å². The Morgan fingerprint density at radius 2 is 0.494 bits per heavy atom. The number of rotatable bonds is 60. The Labute approximate surface area is 489 Å². The van der Waals surface area contributed by atoms with Crippen LogP contribution in [0.4, 0.5) is 0 Å². The molecular weight excluding hydrogens is 973 g/mol. The van der Waals surface area contributed by atoms with E-state index in [1.165, 1.54) is 148 Å². The predicted octanol–water partition coefficient (Wildman–Crippen LogP) is 23.0. The van der Waals surface area contributed by atoms with Gasteiger partial charge in [-0.3, -0.25) is 14.4 Å². The Morgan fingerprint density at radius 3 is 0.797 bits per heavy atom.